The molecule has 4 rings (SSSR count). The molecule has 7 heteroatoms. The van der Waals surface area contributed by atoms with Crippen LogP contribution in [0.3, 0.4) is 0 Å². The Labute approximate surface area is 203 Å². The van der Waals surface area contributed by atoms with Crippen molar-refractivity contribution in [2.45, 2.75) is 46.1 Å². The highest BCUT2D eigenvalue weighted by atomic mass is 32.1. The first-order valence-corrected chi connectivity index (χ1v) is 12.0. The quantitative estimate of drug-likeness (QED) is 0.366. The van der Waals surface area contributed by atoms with Gasteiger partial charge in [0.05, 0.1) is 17.7 Å². The van der Waals surface area contributed by atoms with Crippen LogP contribution in [0.25, 0.3) is 16.0 Å². The molecule has 0 saturated carbocycles. The summed E-state index contributed by atoms with van der Waals surface area (Å²) in [6.45, 7) is 4.63. The largest absolute Gasteiger partial charge is 0.497 e. The molecule has 3 aromatic rings. The van der Waals surface area contributed by atoms with Crippen LogP contribution in [-0.2, 0) is 17.8 Å². The maximum atomic E-state index is 14.9. The van der Waals surface area contributed by atoms with E-state index in [2.05, 4.69) is 24.3 Å². The van der Waals surface area contributed by atoms with Crippen LogP contribution >= 0.6 is 11.5 Å². The van der Waals surface area contributed by atoms with Gasteiger partial charge in [-0.3, -0.25) is 4.79 Å². The van der Waals surface area contributed by atoms with E-state index in [0.29, 0.717) is 23.5 Å². The first-order valence-electron chi connectivity index (χ1n) is 11.3. The number of nitrogens with zero attached hydrogens (tertiary/aromatic N) is 1. The lowest BCUT2D eigenvalue weighted by Crippen LogP contribution is -2.11. The minimum absolute atomic E-state index is 0.0572. The number of carboxylic acid groups (broad SMARTS) is 1. The lowest BCUT2D eigenvalue weighted by atomic mass is 9.81. The molecule has 1 aliphatic rings. The molecule has 178 valence electrons. The monoisotopic (exact) mass is 481 g/mol. The lowest BCUT2D eigenvalue weighted by molar-refractivity contribution is -0.136. The standard InChI is InChI=1S/C27H28FNO4S/c1-27(2)13-5-8-21(27)25-23(16-33-19-7-4-6-17(14-19)9-12-24(30)31)29-34-26(25)20-15-18(32-3)10-11-22(20)28/h4,6-8,10-11,14-15H,5,9,12-13,16H2,1-3H3,(H,30,31). The number of aromatic nitrogens is 1. The second-order valence-corrected chi connectivity index (χ2v) is 9.82. The van der Waals surface area contributed by atoms with Crippen LogP contribution < -0.4 is 9.47 Å². The molecule has 0 bridgehead atoms. The van der Waals surface area contributed by atoms with Crippen LogP contribution in [0.4, 0.5) is 4.39 Å². The fourth-order valence-corrected chi connectivity index (χ4v) is 5.23. The highest BCUT2D eigenvalue weighted by Gasteiger charge is 2.33. The molecule has 0 spiro atoms. The number of halogens is 1. The number of rotatable bonds is 9. The summed E-state index contributed by atoms with van der Waals surface area (Å²) in [6.07, 6.45) is 4.71. The summed E-state index contributed by atoms with van der Waals surface area (Å²) in [4.78, 5) is 11.7. The number of ether oxygens (including phenoxy) is 2. The Hall–Kier alpha value is -3.19. The van der Waals surface area contributed by atoms with E-state index in [9.17, 15) is 9.18 Å². The van der Waals surface area contributed by atoms with E-state index >= 15 is 0 Å². The molecule has 0 unspecified atom stereocenters. The maximum Gasteiger partial charge on any atom is 0.303 e. The molecule has 0 aliphatic heterocycles. The molecule has 0 fully saturated rings. The van der Waals surface area contributed by atoms with Gasteiger partial charge in [-0.15, -0.1) is 0 Å². The van der Waals surface area contributed by atoms with Crippen LogP contribution in [0, 0.1) is 11.2 Å². The molecule has 2 aromatic carbocycles. The van der Waals surface area contributed by atoms with Crippen molar-refractivity contribution in [3.63, 3.8) is 0 Å². The molecule has 0 amide bonds. The Balaban J connectivity index is 1.68. The van der Waals surface area contributed by atoms with Gasteiger partial charge in [0.25, 0.3) is 0 Å². The minimum atomic E-state index is -0.830. The van der Waals surface area contributed by atoms with Crippen LogP contribution in [0.15, 0.2) is 48.5 Å². The van der Waals surface area contributed by atoms with E-state index in [-0.39, 0.29) is 24.3 Å². The van der Waals surface area contributed by atoms with Crippen LogP contribution in [0.2, 0.25) is 0 Å². The minimum Gasteiger partial charge on any atom is -0.497 e. The van der Waals surface area contributed by atoms with Gasteiger partial charge in [-0.25, -0.2) is 4.39 Å². The zero-order valence-corrected chi connectivity index (χ0v) is 20.4. The zero-order valence-electron chi connectivity index (χ0n) is 19.6. The summed E-state index contributed by atoms with van der Waals surface area (Å²) in [5.41, 5.74) is 4.17. The summed E-state index contributed by atoms with van der Waals surface area (Å²) in [6, 6.07) is 12.2. The topological polar surface area (TPSA) is 68.7 Å². The van der Waals surface area contributed by atoms with Gasteiger partial charge >= 0.3 is 5.97 Å². The predicted molar refractivity (Wildman–Crippen MR) is 132 cm³/mol. The van der Waals surface area contributed by atoms with Crippen molar-refractivity contribution in [3.05, 3.63) is 71.2 Å². The van der Waals surface area contributed by atoms with Crippen LogP contribution in [0.1, 0.15) is 49.9 Å². The number of hydrogen-bond donors (Lipinski definition) is 1. The summed E-state index contributed by atoms with van der Waals surface area (Å²) >= 11 is 1.27. The van der Waals surface area contributed by atoms with Crippen molar-refractivity contribution in [1.82, 2.24) is 4.37 Å². The Morgan fingerprint density at radius 3 is 2.74 bits per heavy atom. The lowest BCUT2D eigenvalue weighted by Gasteiger charge is -2.24. The van der Waals surface area contributed by atoms with Crippen molar-refractivity contribution in [3.8, 4) is 21.9 Å². The summed E-state index contributed by atoms with van der Waals surface area (Å²) in [7, 11) is 1.57. The third-order valence-electron chi connectivity index (χ3n) is 6.20. The molecular formula is C27H28FNO4S. The van der Waals surface area contributed by atoms with Crippen LogP contribution in [0.5, 0.6) is 11.5 Å². The summed E-state index contributed by atoms with van der Waals surface area (Å²) in [5, 5.41) is 8.94. The van der Waals surface area contributed by atoms with Crippen LogP contribution in [-0.4, -0.2) is 22.6 Å². The van der Waals surface area contributed by atoms with E-state index in [0.717, 1.165) is 40.1 Å². The van der Waals surface area contributed by atoms with Gasteiger partial charge in [-0.2, -0.15) is 4.37 Å². The van der Waals surface area contributed by atoms with Gasteiger partial charge in [0.15, 0.2) is 0 Å². The maximum absolute atomic E-state index is 14.9. The van der Waals surface area contributed by atoms with E-state index < -0.39 is 5.97 Å². The number of allylic oxidation sites excluding steroid dienone is 2. The van der Waals surface area contributed by atoms with E-state index in [1.165, 1.54) is 17.6 Å². The molecule has 1 heterocycles. The van der Waals surface area contributed by atoms with Crippen molar-refractivity contribution < 1.29 is 23.8 Å². The Kier molecular flexibility index (Phi) is 7.03. The van der Waals surface area contributed by atoms with Gasteiger partial charge in [0.1, 0.15) is 23.9 Å². The molecule has 34 heavy (non-hydrogen) atoms. The van der Waals surface area contributed by atoms with Gasteiger partial charge in [0, 0.05) is 17.5 Å². The number of methoxy groups -OCH3 is 1. The number of hydrogen-bond acceptors (Lipinski definition) is 5. The van der Waals surface area contributed by atoms with E-state index in [1.807, 2.05) is 24.3 Å². The third kappa shape index (κ3) is 5.14. The molecular weight excluding hydrogens is 453 g/mol. The fraction of sp³-hybridized carbons (Fsp3) is 0.333. The van der Waals surface area contributed by atoms with Crippen molar-refractivity contribution in [2.75, 3.05) is 7.11 Å². The number of benzene rings is 2. The SMILES string of the molecule is COc1ccc(F)c(-c2snc(COc3cccc(CCC(=O)O)c3)c2C2=CCCC2(C)C)c1. The van der Waals surface area contributed by atoms with Gasteiger partial charge in [-0.05, 0) is 77.7 Å². The summed E-state index contributed by atoms with van der Waals surface area (Å²) < 4.78 is 31.0. The highest BCUT2D eigenvalue weighted by molar-refractivity contribution is 7.10. The second-order valence-electron chi connectivity index (χ2n) is 9.05. The van der Waals surface area contributed by atoms with Gasteiger partial charge < -0.3 is 14.6 Å². The number of aliphatic carboxylic acids is 1. The molecule has 0 atom stereocenters. The Morgan fingerprint density at radius 1 is 1.21 bits per heavy atom. The first kappa shape index (κ1) is 24.0. The number of aryl methyl sites for hydroxylation is 1. The van der Waals surface area contributed by atoms with Crippen molar-refractivity contribution >= 4 is 23.1 Å². The van der Waals surface area contributed by atoms with E-state index in [1.54, 1.807) is 19.2 Å². The molecule has 1 aromatic heterocycles. The molecule has 1 N–H and O–H groups in total. The van der Waals surface area contributed by atoms with Gasteiger partial charge in [-0.1, -0.05) is 32.1 Å². The fourth-order valence-electron chi connectivity index (χ4n) is 4.31. The molecule has 0 radical (unpaired) electrons. The predicted octanol–water partition coefficient (Wildman–Crippen LogP) is 6.76. The Morgan fingerprint density at radius 2 is 2.03 bits per heavy atom. The van der Waals surface area contributed by atoms with Crippen molar-refractivity contribution in [2.24, 2.45) is 5.41 Å². The molecule has 0 saturated heterocycles. The summed E-state index contributed by atoms with van der Waals surface area (Å²) in [5.74, 6) is 0.0888. The zero-order chi connectivity index (χ0) is 24.3. The van der Waals surface area contributed by atoms with Crippen molar-refractivity contribution in [1.29, 1.82) is 0 Å². The highest BCUT2D eigenvalue weighted by Crippen LogP contribution is 2.49. The molecule has 5 nitrogen and oxygen atoms in total. The first-order chi connectivity index (χ1) is 16.3. The Bertz CT molecular complexity index is 1230. The number of carbonyl (C=O) groups is 1. The number of carboxylic acids is 1. The average Bonchev–Trinajstić information content (AvgIpc) is 3.38. The molecule has 1 aliphatic carbocycles. The third-order valence-corrected chi connectivity index (χ3v) is 7.12. The average molecular weight is 482 g/mol. The normalized spacial score (nSPS) is 14.6. The van der Waals surface area contributed by atoms with E-state index in [4.69, 9.17) is 14.6 Å². The van der Waals surface area contributed by atoms with Gasteiger partial charge in [0.2, 0.25) is 0 Å². The second kappa shape index (κ2) is 9.97. The smallest absolute Gasteiger partial charge is 0.303 e.